The van der Waals surface area contributed by atoms with Crippen LogP contribution < -0.4 is 16.0 Å². The molecule has 3 N–H and O–H groups in total. The van der Waals surface area contributed by atoms with Gasteiger partial charge in [-0.05, 0) is 105 Å². The second kappa shape index (κ2) is 14.7. The summed E-state index contributed by atoms with van der Waals surface area (Å²) >= 11 is 0. The summed E-state index contributed by atoms with van der Waals surface area (Å²) in [4.78, 5) is 19.4. The van der Waals surface area contributed by atoms with Gasteiger partial charge in [0.1, 0.15) is 23.0 Å². The van der Waals surface area contributed by atoms with Crippen LogP contribution in [-0.4, -0.2) is 77.9 Å². The summed E-state index contributed by atoms with van der Waals surface area (Å²) in [5.41, 5.74) is 10.8. The standard InChI is InChI=1S/C38H40F2N6.C11H17F2N/c1-5-26-29(39)11-8-22-14-21(3)15-27(31(22)26)32-34(40)36-33(28(18-42-4)35(32)41)37(44-30(6-2)43-36)46-23-9-10-24(46)20-45(19-23)25-16-38(17-25)12-7-13-38;12-11(13)4-8(11)7-14-9-5-10(6-9)2-1-3-10/h1,8,11,14-15,18,23-25H,6-7,9-10,12-13,16-17,19-20,41H2,2-4H3;8-9,14H,1-7H2. The normalized spacial score (nSPS) is 27.0. The molecule has 2 bridgehead atoms. The van der Waals surface area contributed by atoms with Crippen molar-refractivity contribution in [1.82, 2.24) is 20.2 Å². The highest BCUT2D eigenvalue weighted by Crippen LogP contribution is 2.58. The van der Waals surface area contributed by atoms with Crippen molar-refractivity contribution in [2.45, 2.75) is 134 Å². The lowest BCUT2D eigenvalue weighted by Gasteiger charge is -2.59. The number of anilines is 2. The van der Waals surface area contributed by atoms with E-state index < -0.39 is 17.6 Å². The average molecular weight is 820 g/mol. The van der Waals surface area contributed by atoms with Gasteiger partial charge in [-0.2, -0.15) is 0 Å². The maximum Gasteiger partial charge on any atom is 0.252 e. The number of hydrogen-bond acceptors (Lipinski definition) is 7. The minimum atomic E-state index is -2.34. The Morgan fingerprint density at radius 3 is 2.20 bits per heavy atom. The van der Waals surface area contributed by atoms with E-state index in [4.69, 9.17) is 22.1 Å². The number of halogens is 4. The molecule has 0 radical (unpaired) electrons. The third kappa shape index (κ3) is 6.58. The van der Waals surface area contributed by atoms with Crippen LogP contribution in [0.4, 0.5) is 29.1 Å². The summed E-state index contributed by atoms with van der Waals surface area (Å²) in [6, 6.07) is 8.58. The van der Waals surface area contributed by atoms with E-state index in [1.54, 1.807) is 19.3 Å². The van der Waals surface area contributed by atoms with E-state index in [0.29, 0.717) is 63.6 Å². The summed E-state index contributed by atoms with van der Waals surface area (Å²) in [5, 5.41) is 5.04. The van der Waals surface area contributed by atoms with Gasteiger partial charge >= 0.3 is 0 Å². The SMILES string of the molecule is C#Cc1c(F)ccc2cc(C)cc(-c3c(N)c(C=NC)c4c(N5C6CCC5CN(C5CC7(CCC7)C5)C6)nc(CC)nc4c3F)c12.FC1(F)CC1CNC1CC2(CCC2)C1. The Kier molecular flexibility index (Phi) is 9.75. The van der Waals surface area contributed by atoms with Gasteiger partial charge in [-0.3, -0.25) is 9.89 Å². The van der Waals surface area contributed by atoms with Gasteiger partial charge in [0.05, 0.1) is 16.6 Å². The number of hydrogen-bond donors (Lipinski definition) is 2. The lowest BCUT2D eigenvalue weighted by Crippen LogP contribution is -2.62. The molecule has 0 amide bonds. The van der Waals surface area contributed by atoms with Gasteiger partial charge in [0.15, 0.2) is 5.82 Å². The summed E-state index contributed by atoms with van der Waals surface area (Å²) in [6.07, 6.45) is 23.8. The molecule has 11 rings (SSSR count). The van der Waals surface area contributed by atoms with Gasteiger partial charge in [0, 0.05) is 92.3 Å². The number of rotatable bonds is 8. The van der Waals surface area contributed by atoms with Crippen molar-refractivity contribution in [3.63, 3.8) is 0 Å². The molecule has 60 heavy (non-hydrogen) atoms. The predicted octanol–water partition coefficient (Wildman–Crippen LogP) is 9.76. The Labute approximate surface area is 351 Å². The molecular formula is C49H57F4N7. The maximum atomic E-state index is 17.3. The molecule has 3 heterocycles. The molecule has 3 unspecified atom stereocenters. The number of likely N-dealkylation sites (tertiary alicyclic amines) is 1. The van der Waals surface area contributed by atoms with Crippen LogP contribution in [0.3, 0.4) is 0 Å². The number of nitrogens with two attached hydrogens (primary N) is 1. The minimum absolute atomic E-state index is 0.0823. The first-order chi connectivity index (χ1) is 28.8. The molecule has 5 saturated carbocycles. The average Bonchev–Trinajstić information content (AvgIpc) is 3.69. The van der Waals surface area contributed by atoms with E-state index in [-0.39, 0.29) is 46.8 Å². The fourth-order valence-corrected chi connectivity index (χ4v) is 12.1. The monoisotopic (exact) mass is 819 g/mol. The van der Waals surface area contributed by atoms with Crippen LogP contribution in [0.1, 0.15) is 113 Å². The number of alkyl halides is 2. The molecule has 5 aliphatic carbocycles. The first kappa shape index (κ1) is 39.8. The zero-order valence-corrected chi connectivity index (χ0v) is 35.2. The number of aromatic nitrogens is 2. The molecule has 11 heteroatoms. The molecule has 7 nitrogen and oxygen atoms in total. The van der Waals surface area contributed by atoms with Crippen LogP contribution in [0.2, 0.25) is 0 Å². The van der Waals surface area contributed by atoms with E-state index in [1.165, 1.54) is 70.3 Å². The predicted molar refractivity (Wildman–Crippen MR) is 233 cm³/mol. The first-order valence-corrected chi connectivity index (χ1v) is 22.4. The molecule has 7 aliphatic rings. The lowest BCUT2D eigenvalue weighted by molar-refractivity contribution is -0.0604. The topological polar surface area (TPSA) is 82.7 Å². The van der Waals surface area contributed by atoms with Crippen LogP contribution in [0.5, 0.6) is 0 Å². The molecule has 2 spiro atoms. The highest BCUT2D eigenvalue weighted by Gasteiger charge is 2.57. The summed E-state index contributed by atoms with van der Waals surface area (Å²) < 4.78 is 57.4. The van der Waals surface area contributed by atoms with Crippen molar-refractivity contribution in [3.05, 3.63) is 58.4 Å². The van der Waals surface area contributed by atoms with Crippen molar-refractivity contribution < 1.29 is 17.6 Å². The van der Waals surface area contributed by atoms with Crippen LogP contribution in [-0.2, 0) is 6.42 Å². The Morgan fingerprint density at radius 2 is 1.62 bits per heavy atom. The smallest absolute Gasteiger partial charge is 0.252 e. The van der Waals surface area contributed by atoms with Crippen LogP contribution in [0.25, 0.3) is 32.8 Å². The molecule has 7 fully saturated rings. The fourth-order valence-electron chi connectivity index (χ4n) is 12.1. The summed E-state index contributed by atoms with van der Waals surface area (Å²) in [7, 11) is 1.68. The number of fused-ring (bicyclic) bond motifs is 4. The number of aryl methyl sites for hydroxylation is 2. The second-order valence-electron chi connectivity index (χ2n) is 19.6. The van der Waals surface area contributed by atoms with E-state index in [2.05, 4.69) is 26.0 Å². The van der Waals surface area contributed by atoms with Crippen molar-refractivity contribution in [1.29, 1.82) is 0 Å². The van der Waals surface area contributed by atoms with Gasteiger partial charge in [-0.15, -0.1) is 6.42 Å². The number of terminal acetylenes is 1. The molecule has 3 atom stereocenters. The maximum absolute atomic E-state index is 17.3. The summed E-state index contributed by atoms with van der Waals surface area (Å²) in [5.74, 6) is 0.0339. The number of nitrogen functional groups attached to an aromatic ring is 1. The fraction of sp³-hybridized carbons (Fsp3) is 0.571. The molecule has 2 aliphatic heterocycles. The van der Waals surface area contributed by atoms with E-state index >= 15 is 8.78 Å². The van der Waals surface area contributed by atoms with Crippen LogP contribution in [0, 0.1) is 47.6 Å². The van der Waals surface area contributed by atoms with Crippen molar-refractivity contribution in [2.24, 2.45) is 21.7 Å². The van der Waals surface area contributed by atoms with Crippen LogP contribution in [0.15, 0.2) is 29.3 Å². The number of nitrogens with one attached hydrogen (secondary N) is 1. The number of benzene rings is 3. The molecule has 1 aromatic heterocycles. The van der Waals surface area contributed by atoms with Gasteiger partial charge in [0.25, 0.3) is 5.92 Å². The van der Waals surface area contributed by atoms with Crippen LogP contribution >= 0.6 is 0 Å². The quantitative estimate of drug-likeness (QED) is 0.0798. The minimum Gasteiger partial charge on any atom is -0.398 e. The van der Waals surface area contributed by atoms with Crippen molar-refractivity contribution in [2.75, 3.05) is 37.3 Å². The molecule has 316 valence electrons. The largest absolute Gasteiger partial charge is 0.398 e. The van der Waals surface area contributed by atoms with Gasteiger partial charge in [-0.25, -0.2) is 27.5 Å². The van der Waals surface area contributed by atoms with Gasteiger partial charge < -0.3 is 16.0 Å². The number of piperazine rings is 1. The van der Waals surface area contributed by atoms with E-state index in [1.807, 2.05) is 26.0 Å². The zero-order valence-electron chi connectivity index (χ0n) is 35.2. The highest BCUT2D eigenvalue weighted by atomic mass is 19.3. The lowest BCUT2D eigenvalue weighted by atomic mass is 9.53. The van der Waals surface area contributed by atoms with E-state index in [9.17, 15) is 8.78 Å². The van der Waals surface area contributed by atoms with E-state index in [0.717, 1.165) is 42.7 Å². The third-order valence-corrected chi connectivity index (χ3v) is 15.8. The Bertz CT molecular complexity index is 2420. The van der Waals surface area contributed by atoms with Gasteiger partial charge in [0.2, 0.25) is 0 Å². The molecule has 4 aromatic rings. The first-order valence-electron chi connectivity index (χ1n) is 22.4. The number of nitrogens with zero attached hydrogens (tertiary/aromatic N) is 5. The molecule has 3 aromatic carbocycles. The molecular weight excluding hydrogens is 763 g/mol. The number of aliphatic imine (C=N–C) groups is 1. The Hall–Kier alpha value is -4.27. The van der Waals surface area contributed by atoms with Crippen molar-refractivity contribution >= 4 is 39.4 Å². The van der Waals surface area contributed by atoms with Gasteiger partial charge in [-0.1, -0.05) is 43.9 Å². The summed E-state index contributed by atoms with van der Waals surface area (Å²) in [6.45, 7) is 6.44. The second-order valence-corrected chi connectivity index (χ2v) is 19.6. The zero-order chi connectivity index (χ0) is 41.7. The Morgan fingerprint density at radius 1 is 0.950 bits per heavy atom. The Balaban J connectivity index is 0.000000259. The highest BCUT2D eigenvalue weighted by molar-refractivity contribution is 6.15. The van der Waals surface area contributed by atoms with Crippen molar-refractivity contribution in [3.8, 4) is 23.5 Å². The molecule has 2 saturated heterocycles. The third-order valence-electron chi connectivity index (χ3n) is 15.8.